The summed E-state index contributed by atoms with van der Waals surface area (Å²) in [6.45, 7) is 8.39. The summed E-state index contributed by atoms with van der Waals surface area (Å²) in [5.41, 5.74) is 0. The number of hydrogen-bond acceptors (Lipinski definition) is 3. The predicted molar refractivity (Wildman–Crippen MR) is 50.3 cm³/mol. The maximum Gasteiger partial charge on any atom is 0.0593 e. The van der Waals surface area contributed by atoms with Crippen LogP contribution >= 0.6 is 0 Å². The maximum absolute atomic E-state index is 5.28. The lowest BCUT2D eigenvalue weighted by atomic mass is 10.0. The number of nitrogens with one attached hydrogen (secondary N) is 1. The second kappa shape index (κ2) is 5.51. The van der Waals surface area contributed by atoms with Crippen LogP contribution in [0.5, 0.6) is 0 Å². The van der Waals surface area contributed by atoms with Gasteiger partial charge in [-0.1, -0.05) is 0 Å². The summed E-state index contributed by atoms with van der Waals surface area (Å²) in [6.07, 6.45) is 0. The van der Waals surface area contributed by atoms with Gasteiger partial charge in [0.2, 0.25) is 0 Å². The number of hydrogen-bond donors (Lipinski definition) is 1. The van der Waals surface area contributed by atoms with E-state index in [1.165, 1.54) is 19.6 Å². The van der Waals surface area contributed by atoms with Crippen molar-refractivity contribution in [2.45, 2.75) is 6.92 Å². The Morgan fingerprint density at radius 3 is 2.75 bits per heavy atom. The number of nitrogens with zero attached hydrogens (tertiary/aromatic N) is 1. The van der Waals surface area contributed by atoms with E-state index >= 15 is 0 Å². The summed E-state index contributed by atoms with van der Waals surface area (Å²) < 4.78 is 5.28. The van der Waals surface area contributed by atoms with Gasteiger partial charge in [-0.15, -0.1) is 0 Å². The summed E-state index contributed by atoms with van der Waals surface area (Å²) in [5, 5.41) is 3.28. The van der Waals surface area contributed by atoms with Crippen LogP contribution < -0.4 is 5.32 Å². The fraction of sp³-hybridized carbons (Fsp3) is 1.00. The van der Waals surface area contributed by atoms with Gasteiger partial charge < -0.3 is 15.0 Å². The zero-order valence-electron chi connectivity index (χ0n) is 8.18. The quantitative estimate of drug-likeness (QED) is 0.578. The van der Waals surface area contributed by atoms with E-state index in [9.17, 15) is 0 Å². The van der Waals surface area contributed by atoms with Crippen molar-refractivity contribution in [2.75, 3.05) is 46.4 Å². The third-order valence-electron chi connectivity index (χ3n) is 2.26. The van der Waals surface area contributed by atoms with Crippen LogP contribution in [0.2, 0.25) is 0 Å². The molecule has 0 bridgehead atoms. The van der Waals surface area contributed by atoms with Crippen LogP contribution in [0.4, 0.5) is 0 Å². The first kappa shape index (κ1) is 9.96. The number of rotatable bonds is 6. The van der Waals surface area contributed by atoms with Gasteiger partial charge in [-0.3, -0.25) is 0 Å². The van der Waals surface area contributed by atoms with Crippen LogP contribution in [-0.4, -0.2) is 51.3 Å². The van der Waals surface area contributed by atoms with Crippen LogP contribution in [0.3, 0.4) is 0 Å². The molecule has 0 amide bonds. The number of ether oxygens (including phenoxy) is 1. The van der Waals surface area contributed by atoms with Gasteiger partial charge in [-0.2, -0.15) is 0 Å². The highest BCUT2D eigenvalue weighted by Gasteiger charge is 2.17. The lowest BCUT2D eigenvalue weighted by molar-refractivity contribution is 0.112. The second-order valence-corrected chi connectivity index (χ2v) is 3.48. The van der Waals surface area contributed by atoms with Gasteiger partial charge in [0.25, 0.3) is 0 Å². The molecule has 1 rings (SSSR count). The first-order chi connectivity index (χ1) is 5.83. The Hall–Kier alpha value is -0.120. The van der Waals surface area contributed by atoms with E-state index in [2.05, 4.69) is 17.3 Å². The van der Waals surface area contributed by atoms with Crippen LogP contribution in [0, 0.1) is 5.92 Å². The van der Waals surface area contributed by atoms with Crippen LogP contribution in [-0.2, 0) is 4.74 Å². The van der Waals surface area contributed by atoms with Crippen molar-refractivity contribution < 1.29 is 4.74 Å². The summed E-state index contributed by atoms with van der Waals surface area (Å²) >= 11 is 0. The molecular formula is C9H20N2O. The lowest BCUT2D eigenvalue weighted by Gasteiger charge is -2.31. The van der Waals surface area contributed by atoms with Crippen LogP contribution in [0.15, 0.2) is 0 Å². The Morgan fingerprint density at radius 2 is 2.25 bits per heavy atom. The topological polar surface area (TPSA) is 24.5 Å². The van der Waals surface area contributed by atoms with Crippen molar-refractivity contribution in [3.8, 4) is 0 Å². The van der Waals surface area contributed by atoms with Crippen LogP contribution in [0.25, 0.3) is 0 Å². The first-order valence-electron chi connectivity index (χ1n) is 4.80. The Labute approximate surface area is 75.1 Å². The Morgan fingerprint density at radius 1 is 1.50 bits per heavy atom. The zero-order valence-corrected chi connectivity index (χ0v) is 8.18. The van der Waals surface area contributed by atoms with E-state index in [0.29, 0.717) is 0 Å². The van der Waals surface area contributed by atoms with Gasteiger partial charge in [-0.25, -0.2) is 0 Å². The Bertz CT molecular complexity index is 115. The standard InChI is InChI=1S/C9H20N2O/c1-3-12-5-4-11(2)8-9-6-10-7-9/h9-10H,3-8H2,1-2H3. The average Bonchev–Trinajstić information content (AvgIpc) is 1.98. The van der Waals surface area contributed by atoms with Gasteiger partial charge in [0.1, 0.15) is 0 Å². The molecule has 1 saturated heterocycles. The van der Waals surface area contributed by atoms with Crippen molar-refractivity contribution in [3.63, 3.8) is 0 Å². The molecule has 1 heterocycles. The largest absolute Gasteiger partial charge is 0.380 e. The normalized spacial score (nSPS) is 18.2. The molecular weight excluding hydrogens is 152 g/mol. The molecule has 1 fully saturated rings. The van der Waals surface area contributed by atoms with Crippen molar-refractivity contribution in [2.24, 2.45) is 5.92 Å². The molecule has 0 saturated carbocycles. The van der Waals surface area contributed by atoms with Crippen molar-refractivity contribution in [1.82, 2.24) is 10.2 Å². The SMILES string of the molecule is CCOCCN(C)CC1CNC1. The highest BCUT2D eigenvalue weighted by Crippen LogP contribution is 2.03. The van der Waals surface area contributed by atoms with E-state index in [4.69, 9.17) is 4.74 Å². The van der Waals surface area contributed by atoms with Gasteiger partial charge in [0.15, 0.2) is 0 Å². The predicted octanol–water partition coefficient (Wildman–Crippen LogP) is 0.174. The molecule has 3 heteroatoms. The van der Waals surface area contributed by atoms with E-state index in [-0.39, 0.29) is 0 Å². The number of likely N-dealkylation sites (N-methyl/N-ethyl adjacent to an activating group) is 1. The van der Waals surface area contributed by atoms with E-state index in [0.717, 1.165) is 25.7 Å². The highest BCUT2D eigenvalue weighted by molar-refractivity contribution is 4.76. The molecule has 12 heavy (non-hydrogen) atoms. The maximum atomic E-state index is 5.28. The summed E-state index contributed by atoms with van der Waals surface area (Å²) in [5.74, 6) is 0.872. The van der Waals surface area contributed by atoms with Crippen molar-refractivity contribution in [1.29, 1.82) is 0 Å². The molecule has 0 atom stereocenters. The van der Waals surface area contributed by atoms with E-state index < -0.39 is 0 Å². The summed E-state index contributed by atoms with van der Waals surface area (Å²) in [4.78, 5) is 2.35. The molecule has 3 nitrogen and oxygen atoms in total. The molecule has 0 aromatic heterocycles. The average molecular weight is 172 g/mol. The van der Waals surface area contributed by atoms with Gasteiger partial charge in [0, 0.05) is 32.8 Å². The van der Waals surface area contributed by atoms with E-state index in [1.807, 2.05) is 6.92 Å². The minimum Gasteiger partial charge on any atom is -0.380 e. The molecule has 1 aliphatic rings. The molecule has 72 valence electrons. The highest BCUT2D eigenvalue weighted by atomic mass is 16.5. The van der Waals surface area contributed by atoms with Crippen molar-refractivity contribution >= 4 is 0 Å². The van der Waals surface area contributed by atoms with Crippen molar-refractivity contribution in [3.05, 3.63) is 0 Å². The van der Waals surface area contributed by atoms with Gasteiger partial charge >= 0.3 is 0 Å². The minimum atomic E-state index is 0.832. The summed E-state index contributed by atoms with van der Waals surface area (Å²) in [6, 6.07) is 0. The molecule has 0 aromatic rings. The summed E-state index contributed by atoms with van der Waals surface area (Å²) in [7, 11) is 2.16. The van der Waals surface area contributed by atoms with Crippen LogP contribution in [0.1, 0.15) is 6.92 Å². The fourth-order valence-electron chi connectivity index (χ4n) is 1.37. The third kappa shape index (κ3) is 3.52. The molecule has 1 N–H and O–H groups in total. The molecule has 0 aliphatic carbocycles. The zero-order chi connectivity index (χ0) is 8.81. The molecule has 0 aromatic carbocycles. The molecule has 0 radical (unpaired) electrons. The third-order valence-corrected chi connectivity index (χ3v) is 2.26. The fourth-order valence-corrected chi connectivity index (χ4v) is 1.37. The minimum absolute atomic E-state index is 0.832. The second-order valence-electron chi connectivity index (χ2n) is 3.48. The molecule has 1 aliphatic heterocycles. The van der Waals surface area contributed by atoms with Gasteiger partial charge in [0.05, 0.1) is 6.61 Å². The Kier molecular flexibility index (Phi) is 4.58. The lowest BCUT2D eigenvalue weighted by Crippen LogP contribution is -2.47. The monoisotopic (exact) mass is 172 g/mol. The first-order valence-corrected chi connectivity index (χ1v) is 4.80. The molecule has 0 unspecified atom stereocenters. The molecule has 0 spiro atoms. The smallest absolute Gasteiger partial charge is 0.0593 e. The Balaban J connectivity index is 1.91. The van der Waals surface area contributed by atoms with E-state index in [1.54, 1.807) is 0 Å². The van der Waals surface area contributed by atoms with Gasteiger partial charge in [-0.05, 0) is 19.9 Å².